The summed E-state index contributed by atoms with van der Waals surface area (Å²) in [5.74, 6) is -0.968. The molecule has 0 radical (unpaired) electrons. The minimum absolute atomic E-state index is 0.270. The lowest BCUT2D eigenvalue weighted by atomic mass is 9.99. The van der Waals surface area contributed by atoms with Crippen LogP contribution in [-0.4, -0.2) is 54.3 Å². The summed E-state index contributed by atoms with van der Waals surface area (Å²) < 4.78 is 27.8. The number of carboxylic acid groups (broad SMARTS) is 1. The normalized spacial score (nSPS) is 19.2. The first-order chi connectivity index (χ1) is 8.78. The van der Waals surface area contributed by atoms with Gasteiger partial charge in [-0.1, -0.05) is 20.8 Å². The number of carboxylic acids is 1. The molecule has 0 spiro atoms. The van der Waals surface area contributed by atoms with Gasteiger partial charge in [0, 0.05) is 26.2 Å². The topological polar surface area (TPSA) is 77.9 Å². The standard InChI is InChI=1S/C12H24N2O4S/c1-4-13(9-10(2)3)19(17,18)14-7-5-11(6-8-14)12(15)16/h10-11H,4-9H2,1-3H3,(H,15,16). The van der Waals surface area contributed by atoms with Gasteiger partial charge in [-0.2, -0.15) is 17.0 Å². The number of hydrogen-bond acceptors (Lipinski definition) is 3. The Hall–Kier alpha value is -0.660. The Morgan fingerprint density at radius 2 is 1.89 bits per heavy atom. The van der Waals surface area contributed by atoms with Crippen LogP contribution >= 0.6 is 0 Å². The highest BCUT2D eigenvalue weighted by atomic mass is 32.2. The third-order valence-electron chi connectivity index (χ3n) is 3.38. The van der Waals surface area contributed by atoms with Crippen molar-refractivity contribution in [3.05, 3.63) is 0 Å². The van der Waals surface area contributed by atoms with E-state index in [1.807, 2.05) is 20.8 Å². The third kappa shape index (κ3) is 4.15. The summed E-state index contributed by atoms with van der Waals surface area (Å²) in [7, 11) is -3.44. The molecule has 0 aromatic heterocycles. The second-order valence-corrected chi connectivity index (χ2v) is 7.29. The second kappa shape index (κ2) is 6.67. The quantitative estimate of drug-likeness (QED) is 0.792. The highest BCUT2D eigenvalue weighted by Crippen LogP contribution is 2.22. The highest BCUT2D eigenvalue weighted by Gasteiger charge is 2.34. The monoisotopic (exact) mass is 292 g/mol. The van der Waals surface area contributed by atoms with Gasteiger partial charge in [-0.15, -0.1) is 0 Å². The van der Waals surface area contributed by atoms with Crippen molar-refractivity contribution in [3.8, 4) is 0 Å². The number of carbonyl (C=O) groups is 1. The van der Waals surface area contributed by atoms with Crippen LogP contribution in [0.2, 0.25) is 0 Å². The molecule has 0 aromatic carbocycles. The van der Waals surface area contributed by atoms with Gasteiger partial charge in [0.05, 0.1) is 5.92 Å². The molecule has 1 aliphatic rings. The fourth-order valence-electron chi connectivity index (χ4n) is 2.29. The number of nitrogens with zero attached hydrogens (tertiary/aromatic N) is 2. The molecule has 1 fully saturated rings. The second-order valence-electron chi connectivity index (χ2n) is 5.36. The molecule has 1 saturated heterocycles. The highest BCUT2D eigenvalue weighted by molar-refractivity contribution is 7.86. The van der Waals surface area contributed by atoms with Crippen LogP contribution in [0.5, 0.6) is 0 Å². The molecule has 0 bridgehead atoms. The van der Waals surface area contributed by atoms with Gasteiger partial charge in [0.15, 0.2) is 0 Å². The van der Waals surface area contributed by atoms with Crippen molar-refractivity contribution in [1.82, 2.24) is 8.61 Å². The zero-order valence-corrected chi connectivity index (χ0v) is 12.7. The Balaban J connectivity index is 2.70. The first-order valence-corrected chi connectivity index (χ1v) is 8.16. The Kier molecular flexibility index (Phi) is 5.76. The summed E-state index contributed by atoms with van der Waals surface area (Å²) in [4.78, 5) is 10.9. The van der Waals surface area contributed by atoms with Gasteiger partial charge in [0.2, 0.25) is 0 Å². The predicted molar refractivity (Wildman–Crippen MR) is 72.9 cm³/mol. The zero-order chi connectivity index (χ0) is 14.6. The lowest BCUT2D eigenvalue weighted by Crippen LogP contribution is -2.48. The van der Waals surface area contributed by atoms with Crippen LogP contribution in [0.3, 0.4) is 0 Å². The summed E-state index contributed by atoms with van der Waals surface area (Å²) in [5, 5.41) is 8.92. The van der Waals surface area contributed by atoms with E-state index in [2.05, 4.69) is 0 Å². The molecule has 7 heteroatoms. The molecule has 19 heavy (non-hydrogen) atoms. The average Bonchev–Trinajstić information content (AvgIpc) is 2.35. The molecule has 1 rings (SSSR count). The van der Waals surface area contributed by atoms with Gasteiger partial charge in [0.25, 0.3) is 10.2 Å². The fourth-order valence-corrected chi connectivity index (χ4v) is 4.10. The molecule has 6 nitrogen and oxygen atoms in total. The molecule has 0 atom stereocenters. The van der Waals surface area contributed by atoms with E-state index in [9.17, 15) is 13.2 Å². The summed E-state index contributed by atoms with van der Waals surface area (Å²) in [6, 6.07) is 0. The van der Waals surface area contributed by atoms with E-state index in [1.165, 1.54) is 8.61 Å². The summed E-state index contributed by atoms with van der Waals surface area (Å²) in [6.07, 6.45) is 0.793. The molecule has 0 aromatic rings. The van der Waals surface area contributed by atoms with Gasteiger partial charge < -0.3 is 5.11 Å². The molecule has 1 heterocycles. The Labute approximate surface area is 115 Å². The van der Waals surface area contributed by atoms with Crippen LogP contribution in [0.25, 0.3) is 0 Å². The molecule has 0 aliphatic carbocycles. The van der Waals surface area contributed by atoms with Crippen LogP contribution in [-0.2, 0) is 15.0 Å². The van der Waals surface area contributed by atoms with Crippen molar-refractivity contribution in [2.75, 3.05) is 26.2 Å². The van der Waals surface area contributed by atoms with Crippen LogP contribution in [0.1, 0.15) is 33.6 Å². The maximum atomic E-state index is 12.4. The Bertz CT molecular complexity index is 400. The minimum atomic E-state index is -3.44. The van der Waals surface area contributed by atoms with E-state index < -0.39 is 22.1 Å². The SMILES string of the molecule is CCN(CC(C)C)S(=O)(=O)N1CCC(C(=O)O)CC1. The molecule has 112 valence electrons. The lowest BCUT2D eigenvalue weighted by molar-refractivity contribution is -0.142. The molecule has 1 aliphatic heterocycles. The first kappa shape index (κ1) is 16.4. The van der Waals surface area contributed by atoms with E-state index in [-0.39, 0.29) is 5.92 Å². The van der Waals surface area contributed by atoms with E-state index in [0.717, 1.165) is 0 Å². The van der Waals surface area contributed by atoms with Crippen LogP contribution in [0.15, 0.2) is 0 Å². The van der Waals surface area contributed by atoms with Crippen molar-refractivity contribution < 1.29 is 18.3 Å². The summed E-state index contributed by atoms with van der Waals surface area (Å²) >= 11 is 0. The van der Waals surface area contributed by atoms with Crippen molar-refractivity contribution in [2.24, 2.45) is 11.8 Å². The maximum Gasteiger partial charge on any atom is 0.306 e. The maximum absolute atomic E-state index is 12.4. The zero-order valence-electron chi connectivity index (χ0n) is 11.9. The number of piperidine rings is 1. The predicted octanol–water partition coefficient (Wildman–Crippen LogP) is 1.01. The van der Waals surface area contributed by atoms with Gasteiger partial charge in [-0.25, -0.2) is 0 Å². The number of aliphatic carboxylic acids is 1. The lowest BCUT2D eigenvalue weighted by Gasteiger charge is -2.34. The van der Waals surface area contributed by atoms with E-state index in [4.69, 9.17) is 5.11 Å². The van der Waals surface area contributed by atoms with Gasteiger partial charge >= 0.3 is 5.97 Å². The van der Waals surface area contributed by atoms with Gasteiger partial charge in [0.1, 0.15) is 0 Å². The average molecular weight is 292 g/mol. The Morgan fingerprint density at radius 1 is 1.37 bits per heavy atom. The van der Waals surface area contributed by atoms with Gasteiger partial charge in [-0.3, -0.25) is 4.79 Å². The van der Waals surface area contributed by atoms with E-state index in [1.54, 1.807) is 0 Å². The third-order valence-corrected chi connectivity index (χ3v) is 5.45. The van der Waals surface area contributed by atoms with Crippen molar-refractivity contribution in [1.29, 1.82) is 0 Å². The molecule has 1 N–H and O–H groups in total. The fraction of sp³-hybridized carbons (Fsp3) is 0.917. The van der Waals surface area contributed by atoms with E-state index in [0.29, 0.717) is 39.0 Å². The van der Waals surface area contributed by atoms with E-state index >= 15 is 0 Å². The summed E-state index contributed by atoms with van der Waals surface area (Å²) in [6.45, 7) is 7.33. The molecular weight excluding hydrogens is 268 g/mol. The molecule has 0 saturated carbocycles. The van der Waals surface area contributed by atoms with Gasteiger partial charge in [-0.05, 0) is 18.8 Å². The first-order valence-electron chi connectivity index (χ1n) is 6.77. The largest absolute Gasteiger partial charge is 0.481 e. The summed E-state index contributed by atoms with van der Waals surface area (Å²) in [5.41, 5.74) is 0. The van der Waals surface area contributed by atoms with Crippen LogP contribution in [0.4, 0.5) is 0 Å². The van der Waals surface area contributed by atoms with Crippen molar-refractivity contribution in [3.63, 3.8) is 0 Å². The molecule has 0 amide bonds. The number of rotatable bonds is 6. The number of hydrogen-bond donors (Lipinski definition) is 1. The minimum Gasteiger partial charge on any atom is -0.481 e. The smallest absolute Gasteiger partial charge is 0.306 e. The van der Waals surface area contributed by atoms with Crippen molar-refractivity contribution >= 4 is 16.2 Å². The van der Waals surface area contributed by atoms with Crippen molar-refractivity contribution in [2.45, 2.75) is 33.6 Å². The van der Waals surface area contributed by atoms with Crippen LogP contribution < -0.4 is 0 Å². The molecular formula is C12H24N2O4S. The molecule has 0 unspecified atom stereocenters. The van der Waals surface area contributed by atoms with Crippen LogP contribution in [0, 0.1) is 11.8 Å². The Morgan fingerprint density at radius 3 is 2.26 bits per heavy atom.